The molecule has 1 N–H and O–H groups in total. The lowest BCUT2D eigenvalue weighted by Gasteiger charge is -2.42. The zero-order chi connectivity index (χ0) is 28.0. The lowest BCUT2D eigenvalue weighted by Crippen LogP contribution is -2.54. The average molecular weight is 559 g/mol. The Labute approximate surface area is 210 Å². The molecular weight excluding hydrogens is 530 g/mol. The number of rotatable bonds is 3. The average Bonchev–Trinajstić information content (AvgIpc) is 2.85. The summed E-state index contributed by atoms with van der Waals surface area (Å²) in [5.41, 5.74) is -4.46. The van der Waals surface area contributed by atoms with Gasteiger partial charge in [0.1, 0.15) is 5.60 Å². The highest BCUT2D eigenvalue weighted by atomic mass is 32.2. The van der Waals surface area contributed by atoms with Gasteiger partial charge < -0.3 is 9.64 Å². The van der Waals surface area contributed by atoms with Crippen LogP contribution in [-0.4, -0.2) is 44.0 Å². The van der Waals surface area contributed by atoms with Gasteiger partial charge in [0.2, 0.25) is 5.91 Å². The van der Waals surface area contributed by atoms with Crippen molar-refractivity contribution in [3.05, 3.63) is 29.3 Å². The highest BCUT2D eigenvalue weighted by Crippen LogP contribution is 2.41. The van der Waals surface area contributed by atoms with Gasteiger partial charge in [-0.1, -0.05) is 12.8 Å². The van der Waals surface area contributed by atoms with Crippen molar-refractivity contribution in [3.8, 4) is 0 Å². The van der Waals surface area contributed by atoms with E-state index in [1.165, 1.54) is 4.90 Å². The second kappa shape index (κ2) is 9.99. The number of nitrogens with zero attached hydrogens (tertiary/aromatic N) is 1. The Balaban J connectivity index is 1.88. The SMILES string of the molecule is CC(C)(C)OC(=O)N1CC2CCCCC(C1)C2C(=O)NS(=O)(=O)c1ccc(C(F)(F)F)cc1C(F)(F)F. The molecule has 1 saturated heterocycles. The monoisotopic (exact) mass is 558 g/mol. The molecule has 0 aromatic heterocycles. The van der Waals surface area contributed by atoms with Crippen LogP contribution in [0.25, 0.3) is 0 Å². The van der Waals surface area contributed by atoms with Crippen molar-refractivity contribution in [1.82, 2.24) is 9.62 Å². The lowest BCUT2D eigenvalue weighted by molar-refractivity contribution is -0.144. The number of sulfonamides is 1. The number of nitrogens with one attached hydrogen (secondary N) is 1. The fourth-order valence-electron chi connectivity index (χ4n) is 4.93. The maximum Gasteiger partial charge on any atom is 0.417 e. The molecule has 1 aliphatic carbocycles. The number of halogens is 6. The van der Waals surface area contributed by atoms with E-state index in [0.717, 1.165) is 0 Å². The maximum atomic E-state index is 13.5. The first-order valence-electron chi connectivity index (χ1n) is 11.6. The molecule has 7 nitrogen and oxygen atoms in total. The van der Waals surface area contributed by atoms with E-state index < -0.39 is 73.8 Å². The molecule has 37 heavy (non-hydrogen) atoms. The molecule has 2 amide bonds. The van der Waals surface area contributed by atoms with Crippen LogP contribution < -0.4 is 4.72 Å². The Kier molecular flexibility index (Phi) is 7.84. The summed E-state index contributed by atoms with van der Waals surface area (Å²) in [5, 5.41) is 0. The van der Waals surface area contributed by atoms with E-state index in [1.807, 2.05) is 0 Å². The zero-order valence-corrected chi connectivity index (χ0v) is 21.2. The molecule has 1 heterocycles. The van der Waals surface area contributed by atoms with Crippen LogP contribution in [0.4, 0.5) is 31.1 Å². The fraction of sp³-hybridized carbons (Fsp3) is 0.652. The maximum absolute atomic E-state index is 13.5. The fourth-order valence-corrected chi connectivity index (χ4v) is 6.15. The molecule has 2 atom stereocenters. The molecule has 2 fully saturated rings. The van der Waals surface area contributed by atoms with Crippen molar-refractivity contribution < 1.29 is 49.1 Å². The van der Waals surface area contributed by atoms with Crippen molar-refractivity contribution >= 4 is 22.0 Å². The topological polar surface area (TPSA) is 92.8 Å². The van der Waals surface area contributed by atoms with Crippen LogP contribution in [0.2, 0.25) is 0 Å². The minimum atomic E-state index is -5.43. The van der Waals surface area contributed by atoms with E-state index in [2.05, 4.69) is 0 Å². The predicted molar refractivity (Wildman–Crippen MR) is 119 cm³/mol. The molecule has 208 valence electrons. The first-order valence-corrected chi connectivity index (χ1v) is 13.1. The number of carbonyl (C=O) groups excluding carboxylic acids is 2. The predicted octanol–water partition coefficient (Wildman–Crippen LogP) is 5.20. The number of piperidine rings is 1. The summed E-state index contributed by atoms with van der Waals surface area (Å²) in [7, 11) is -5.17. The Morgan fingerprint density at radius 2 is 1.49 bits per heavy atom. The summed E-state index contributed by atoms with van der Waals surface area (Å²) < 4.78 is 112. The van der Waals surface area contributed by atoms with Crippen molar-refractivity contribution in [2.75, 3.05) is 13.1 Å². The standard InChI is InChI=1S/C23H28F6N2O5S/c1-21(2,3)36-20(33)31-11-13-6-4-5-7-14(12-31)18(13)19(32)30-37(34,35)17-9-8-15(22(24,25)26)10-16(17)23(27,28)29/h8-10,13-14,18H,4-7,11-12H2,1-3H3,(H,30,32). The van der Waals surface area contributed by atoms with E-state index in [0.29, 0.717) is 25.7 Å². The summed E-state index contributed by atoms with van der Waals surface area (Å²) in [6.45, 7) is 5.27. The third-order valence-corrected chi connectivity index (χ3v) is 7.82. The first-order chi connectivity index (χ1) is 16.8. The lowest BCUT2D eigenvalue weighted by atomic mass is 9.76. The van der Waals surface area contributed by atoms with Crippen LogP contribution in [0.15, 0.2) is 23.1 Å². The third-order valence-electron chi connectivity index (χ3n) is 6.42. The van der Waals surface area contributed by atoms with Gasteiger partial charge in [-0.3, -0.25) is 4.79 Å². The molecule has 2 unspecified atom stereocenters. The van der Waals surface area contributed by atoms with Gasteiger partial charge >= 0.3 is 18.4 Å². The highest BCUT2D eigenvalue weighted by molar-refractivity contribution is 7.90. The number of alkyl halides is 6. The van der Waals surface area contributed by atoms with Gasteiger partial charge in [0.15, 0.2) is 0 Å². The Morgan fingerprint density at radius 3 is 1.95 bits per heavy atom. The van der Waals surface area contributed by atoms with Gasteiger partial charge in [-0.25, -0.2) is 17.9 Å². The number of ether oxygens (including phenoxy) is 1. The Bertz CT molecular complexity index is 1130. The summed E-state index contributed by atoms with van der Waals surface area (Å²) >= 11 is 0. The van der Waals surface area contributed by atoms with Gasteiger partial charge in [-0.05, 0) is 63.6 Å². The number of fused-ring (bicyclic) bond motifs is 2. The van der Waals surface area contributed by atoms with Crippen LogP contribution >= 0.6 is 0 Å². The quantitative estimate of drug-likeness (QED) is 0.515. The smallest absolute Gasteiger partial charge is 0.417 e. The minimum Gasteiger partial charge on any atom is -0.444 e. The molecule has 2 bridgehead atoms. The van der Waals surface area contributed by atoms with Gasteiger partial charge in [-0.2, -0.15) is 26.3 Å². The van der Waals surface area contributed by atoms with Gasteiger partial charge in [0.05, 0.1) is 16.0 Å². The normalized spacial score (nSPS) is 23.3. The van der Waals surface area contributed by atoms with Crippen LogP contribution in [0.3, 0.4) is 0 Å². The summed E-state index contributed by atoms with van der Waals surface area (Å²) in [4.78, 5) is 25.7. The second-order valence-electron chi connectivity index (χ2n) is 10.4. The van der Waals surface area contributed by atoms with E-state index in [-0.39, 0.29) is 31.3 Å². The number of hydrogen-bond donors (Lipinski definition) is 1. The molecular formula is C23H28F6N2O5S. The largest absolute Gasteiger partial charge is 0.444 e. The summed E-state index contributed by atoms with van der Waals surface area (Å²) in [6, 6.07) is 0.116. The molecule has 0 radical (unpaired) electrons. The Hall–Kier alpha value is -2.51. The van der Waals surface area contributed by atoms with Crippen molar-refractivity contribution in [2.24, 2.45) is 17.8 Å². The summed E-state index contributed by atoms with van der Waals surface area (Å²) in [6.07, 6.45) is -8.79. The molecule has 0 spiro atoms. The molecule has 1 aliphatic heterocycles. The van der Waals surface area contributed by atoms with Gasteiger partial charge in [-0.15, -0.1) is 0 Å². The number of carbonyl (C=O) groups is 2. The number of hydrogen-bond acceptors (Lipinski definition) is 5. The van der Waals surface area contributed by atoms with Crippen LogP contribution in [0, 0.1) is 17.8 Å². The van der Waals surface area contributed by atoms with E-state index in [4.69, 9.17) is 4.74 Å². The molecule has 14 heteroatoms. The molecule has 2 aliphatic rings. The number of amides is 2. The van der Waals surface area contributed by atoms with Crippen LogP contribution in [-0.2, 0) is 31.9 Å². The van der Waals surface area contributed by atoms with Gasteiger partial charge in [0.25, 0.3) is 10.0 Å². The van der Waals surface area contributed by atoms with Crippen molar-refractivity contribution in [1.29, 1.82) is 0 Å². The van der Waals surface area contributed by atoms with E-state index in [9.17, 15) is 44.3 Å². The first kappa shape index (κ1) is 29.1. The molecule has 1 aromatic carbocycles. The van der Waals surface area contributed by atoms with Crippen molar-refractivity contribution in [3.63, 3.8) is 0 Å². The molecule has 1 aromatic rings. The highest BCUT2D eigenvalue weighted by Gasteiger charge is 2.46. The minimum absolute atomic E-state index is 0.0949. The van der Waals surface area contributed by atoms with Crippen LogP contribution in [0.1, 0.15) is 57.6 Å². The number of benzene rings is 1. The Morgan fingerprint density at radius 1 is 0.946 bits per heavy atom. The van der Waals surface area contributed by atoms with Crippen molar-refractivity contribution in [2.45, 2.75) is 69.3 Å². The van der Waals surface area contributed by atoms with E-state index in [1.54, 1.807) is 25.5 Å². The summed E-state index contributed by atoms with van der Waals surface area (Å²) in [5.74, 6) is -2.91. The molecule has 3 rings (SSSR count). The molecule has 1 saturated carbocycles. The zero-order valence-electron chi connectivity index (χ0n) is 20.4. The second-order valence-corrected chi connectivity index (χ2v) is 12.0. The third kappa shape index (κ3) is 6.88. The van der Waals surface area contributed by atoms with Crippen LogP contribution in [0.5, 0.6) is 0 Å². The van der Waals surface area contributed by atoms with E-state index >= 15 is 0 Å². The van der Waals surface area contributed by atoms with Gasteiger partial charge in [0, 0.05) is 19.0 Å². The number of likely N-dealkylation sites (tertiary alicyclic amines) is 1.